The summed E-state index contributed by atoms with van der Waals surface area (Å²) in [6.07, 6.45) is -2.09. The molecule has 136 valence electrons. The molecule has 2 aromatic heterocycles. The fourth-order valence-electron chi connectivity index (χ4n) is 3.36. The third-order valence-electron chi connectivity index (χ3n) is 4.79. The van der Waals surface area contributed by atoms with Gasteiger partial charge in [-0.25, -0.2) is 4.98 Å². The number of hydrogen-bond acceptors (Lipinski definition) is 3. The van der Waals surface area contributed by atoms with E-state index in [9.17, 15) is 18.0 Å². The van der Waals surface area contributed by atoms with E-state index < -0.39 is 24.0 Å². The summed E-state index contributed by atoms with van der Waals surface area (Å²) in [5, 5.41) is 3.72. The molecule has 4 N–H and O–H groups in total. The first kappa shape index (κ1) is 16.7. The normalized spacial score (nSPS) is 16.2. The smallest absolute Gasteiger partial charge is 0.365 e. The molecule has 4 rings (SSSR count). The van der Waals surface area contributed by atoms with E-state index in [-0.39, 0.29) is 11.4 Å². The van der Waals surface area contributed by atoms with E-state index in [1.807, 2.05) is 19.1 Å². The van der Waals surface area contributed by atoms with Gasteiger partial charge in [0.2, 0.25) is 0 Å². The van der Waals surface area contributed by atoms with Crippen LogP contribution in [0.2, 0.25) is 0 Å². The average molecular weight is 362 g/mol. The Hall–Kier alpha value is -2.77. The number of fused-ring (bicyclic) bond motifs is 3. The van der Waals surface area contributed by atoms with Gasteiger partial charge in [-0.15, -0.1) is 0 Å². The molecule has 1 aromatic carbocycles. The largest absolute Gasteiger partial charge is 0.408 e. The van der Waals surface area contributed by atoms with Gasteiger partial charge in [-0.3, -0.25) is 4.79 Å². The standard InChI is InChI=1S/C18H17F3N4O/c1-8-2-5-10-12(6-8)24-14-11(16(22)26)7-23-17(13(10)14)25-15(9-3-4-9)18(19,20)21/h2,5-7,9,15,24H,3-4H2,1H3,(H2,22,26)(H,23,25). The topological polar surface area (TPSA) is 83.8 Å². The highest BCUT2D eigenvalue weighted by atomic mass is 19.4. The number of primary amides is 1. The molecule has 1 atom stereocenters. The van der Waals surface area contributed by atoms with Crippen LogP contribution in [0.25, 0.3) is 21.8 Å². The van der Waals surface area contributed by atoms with Crippen LogP contribution in [0.15, 0.2) is 24.4 Å². The van der Waals surface area contributed by atoms with Crippen LogP contribution in [0.4, 0.5) is 19.0 Å². The number of pyridine rings is 1. The molecular formula is C18H17F3N4O. The maximum atomic E-state index is 13.4. The summed E-state index contributed by atoms with van der Waals surface area (Å²) < 4.78 is 40.3. The second-order valence-electron chi connectivity index (χ2n) is 6.81. The summed E-state index contributed by atoms with van der Waals surface area (Å²) in [4.78, 5) is 18.9. The van der Waals surface area contributed by atoms with Crippen molar-refractivity contribution in [2.75, 3.05) is 5.32 Å². The Morgan fingerprint density at radius 2 is 2.12 bits per heavy atom. The first-order valence-corrected chi connectivity index (χ1v) is 8.30. The lowest BCUT2D eigenvalue weighted by atomic mass is 10.1. The van der Waals surface area contributed by atoms with Gasteiger partial charge in [0.15, 0.2) is 0 Å². The molecule has 1 fully saturated rings. The van der Waals surface area contributed by atoms with Crippen molar-refractivity contribution >= 4 is 33.5 Å². The molecule has 0 bridgehead atoms. The van der Waals surface area contributed by atoms with E-state index in [2.05, 4.69) is 15.3 Å². The maximum absolute atomic E-state index is 13.4. The zero-order chi connectivity index (χ0) is 18.6. The number of amides is 1. The monoisotopic (exact) mass is 362 g/mol. The first-order valence-electron chi connectivity index (χ1n) is 8.30. The Balaban J connectivity index is 1.93. The molecule has 1 aliphatic rings. The Morgan fingerprint density at radius 1 is 1.38 bits per heavy atom. The highest BCUT2D eigenvalue weighted by Crippen LogP contribution is 2.43. The molecular weight excluding hydrogens is 345 g/mol. The number of alkyl halides is 3. The molecule has 1 aliphatic carbocycles. The molecule has 1 unspecified atom stereocenters. The number of nitrogens with zero attached hydrogens (tertiary/aromatic N) is 1. The molecule has 5 nitrogen and oxygen atoms in total. The molecule has 26 heavy (non-hydrogen) atoms. The third-order valence-corrected chi connectivity index (χ3v) is 4.79. The van der Waals surface area contributed by atoms with E-state index in [0.717, 1.165) is 5.56 Å². The van der Waals surface area contributed by atoms with Crippen LogP contribution in [-0.2, 0) is 0 Å². The number of halogens is 3. The van der Waals surface area contributed by atoms with Gasteiger partial charge in [0, 0.05) is 17.1 Å². The number of aromatic amines is 1. The van der Waals surface area contributed by atoms with Crippen molar-refractivity contribution in [3.8, 4) is 0 Å². The van der Waals surface area contributed by atoms with Crippen LogP contribution in [-0.4, -0.2) is 28.1 Å². The minimum Gasteiger partial charge on any atom is -0.365 e. The van der Waals surface area contributed by atoms with Crippen molar-refractivity contribution in [3.63, 3.8) is 0 Å². The van der Waals surface area contributed by atoms with Crippen LogP contribution in [0, 0.1) is 12.8 Å². The number of aryl methyl sites for hydroxylation is 1. The van der Waals surface area contributed by atoms with Gasteiger partial charge in [0.25, 0.3) is 5.91 Å². The molecule has 0 radical (unpaired) electrons. The Labute approximate surface area is 146 Å². The number of rotatable bonds is 4. The second kappa shape index (κ2) is 5.62. The highest BCUT2D eigenvalue weighted by Gasteiger charge is 2.49. The Morgan fingerprint density at radius 3 is 2.73 bits per heavy atom. The molecule has 3 aromatic rings. The number of nitrogens with two attached hydrogens (primary N) is 1. The van der Waals surface area contributed by atoms with Gasteiger partial charge in [0.05, 0.1) is 16.5 Å². The third kappa shape index (κ3) is 2.75. The van der Waals surface area contributed by atoms with E-state index in [4.69, 9.17) is 5.73 Å². The number of carbonyl (C=O) groups is 1. The van der Waals surface area contributed by atoms with Crippen LogP contribution in [0.3, 0.4) is 0 Å². The summed E-state index contributed by atoms with van der Waals surface area (Å²) >= 11 is 0. The van der Waals surface area contributed by atoms with Crippen LogP contribution >= 0.6 is 0 Å². The lowest BCUT2D eigenvalue weighted by molar-refractivity contribution is -0.146. The van der Waals surface area contributed by atoms with Gasteiger partial charge in [-0.1, -0.05) is 12.1 Å². The van der Waals surface area contributed by atoms with E-state index >= 15 is 0 Å². The zero-order valence-corrected chi connectivity index (χ0v) is 13.9. The minimum absolute atomic E-state index is 0.106. The lowest BCUT2D eigenvalue weighted by Crippen LogP contribution is -2.38. The molecule has 1 saturated carbocycles. The number of anilines is 1. The van der Waals surface area contributed by atoms with Crippen molar-refractivity contribution in [2.45, 2.75) is 32.0 Å². The van der Waals surface area contributed by atoms with Gasteiger partial charge in [0.1, 0.15) is 11.9 Å². The number of H-pyrrole nitrogens is 1. The molecule has 0 saturated heterocycles. The number of hydrogen-bond donors (Lipinski definition) is 3. The Bertz CT molecular complexity index is 1020. The molecule has 0 spiro atoms. The number of aromatic nitrogens is 2. The summed E-state index contributed by atoms with van der Waals surface area (Å²) in [6.45, 7) is 1.91. The van der Waals surface area contributed by atoms with Gasteiger partial charge >= 0.3 is 6.18 Å². The molecule has 1 amide bonds. The van der Waals surface area contributed by atoms with Gasteiger partial charge in [-0.2, -0.15) is 13.2 Å². The Kier molecular flexibility index (Phi) is 3.61. The van der Waals surface area contributed by atoms with Crippen molar-refractivity contribution in [1.29, 1.82) is 0 Å². The number of carbonyl (C=O) groups excluding carboxylic acids is 1. The SMILES string of the molecule is Cc1ccc2c(c1)[nH]c1c(C(N)=O)cnc(NC(C3CC3)C(F)(F)F)c12. The van der Waals surface area contributed by atoms with Crippen LogP contribution in [0.1, 0.15) is 28.8 Å². The average Bonchev–Trinajstić information content (AvgIpc) is 3.30. The quantitative estimate of drug-likeness (QED) is 0.659. The fourth-order valence-corrected chi connectivity index (χ4v) is 3.36. The predicted molar refractivity (Wildman–Crippen MR) is 93.0 cm³/mol. The maximum Gasteiger partial charge on any atom is 0.408 e. The van der Waals surface area contributed by atoms with Crippen LogP contribution in [0.5, 0.6) is 0 Å². The summed E-state index contributed by atoms with van der Waals surface area (Å²) in [6, 6.07) is 3.87. The van der Waals surface area contributed by atoms with Crippen LogP contribution < -0.4 is 11.1 Å². The summed E-state index contributed by atoms with van der Waals surface area (Å²) in [7, 11) is 0. The van der Waals surface area contributed by atoms with E-state index in [1.165, 1.54) is 6.20 Å². The molecule has 8 heteroatoms. The summed E-state index contributed by atoms with van der Waals surface area (Å²) in [5.74, 6) is -1.03. The van der Waals surface area contributed by atoms with Gasteiger partial charge in [-0.05, 0) is 37.3 Å². The molecule has 2 heterocycles. The molecule has 0 aliphatic heterocycles. The zero-order valence-electron chi connectivity index (χ0n) is 13.9. The lowest BCUT2D eigenvalue weighted by Gasteiger charge is -2.22. The van der Waals surface area contributed by atoms with E-state index in [1.54, 1.807) is 6.07 Å². The van der Waals surface area contributed by atoms with Crippen molar-refractivity contribution in [1.82, 2.24) is 9.97 Å². The van der Waals surface area contributed by atoms with Gasteiger partial charge < -0.3 is 16.0 Å². The number of benzene rings is 1. The van der Waals surface area contributed by atoms with E-state index in [0.29, 0.717) is 34.6 Å². The first-order chi connectivity index (χ1) is 12.3. The fraction of sp³-hybridized carbons (Fsp3) is 0.333. The second-order valence-corrected chi connectivity index (χ2v) is 6.81. The summed E-state index contributed by atoms with van der Waals surface area (Å²) in [5.41, 5.74) is 7.66. The minimum atomic E-state index is -4.37. The van der Waals surface area contributed by atoms with Crippen molar-refractivity contribution < 1.29 is 18.0 Å². The highest BCUT2D eigenvalue weighted by molar-refractivity contribution is 6.18. The van der Waals surface area contributed by atoms with Crippen molar-refractivity contribution in [2.24, 2.45) is 11.7 Å². The predicted octanol–water partition coefficient (Wildman–Crippen LogP) is 3.88. The number of nitrogens with one attached hydrogen (secondary N) is 2. The van der Waals surface area contributed by atoms with Crippen molar-refractivity contribution in [3.05, 3.63) is 35.5 Å².